The number of H-pyrrole nitrogens is 1. The first-order valence-corrected chi connectivity index (χ1v) is 11.5. The van der Waals surface area contributed by atoms with E-state index in [2.05, 4.69) is 4.98 Å². The second-order valence-electron chi connectivity index (χ2n) is 9.52. The lowest BCUT2D eigenvalue weighted by Gasteiger charge is -2.41. The van der Waals surface area contributed by atoms with Crippen LogP contribution in [0.25, 0.3) is 22.2 Å². The van der Waals surface area contributed by atoms with Crippen LogP contribution >= 0.6 is 0 Å². The maximum Gasteiger partial charge on any atom is 0.225 e. The summed E-state index contributed by atoms with van der Waals surface area (Å²) in [4.78, 5) is 18.0. The zero-order chi connectivity index (χ0) is 23.3. The molecular formula is C26H27F3N2O2. The molecule has 1 amide bonds. The topological polar surface area (TPSA) is 56.3 Å². The number of benzene rings is 2. The fourth-order valence-corrected chi connectivity index (χ4v) is 5.43. The summed E-state index contributed by atoms with van der Waals surface area (Å²) in [5.41, 5.74) is 2.32. The number of piperidine rings is 1. The Kier molecular flexibility index (Phi) is 5.69. The number of fused-ring (bicyclic) bond motifs is 1. The summed E-state index contributed by atoms with van der Waals surface area (Å²) in [6.07, 6.45) is 2.54. The van der Waals surface area contributed by atoms with Crippen molar-refractivity contribution in [1.82, 2.24) is 9.88 Å². The number of aromatic amines is 1. The standard InChI is InChI=1S/C26H27F3N2O2/c1-14(32)16-3-2-8-31(13-16)26(33)18-9-17(10-18)23-21-11-20(28)12-22(29)25(21)30-24(23)15-4-6-19(27)7-5-15/h4-7,11-12,14,16-18,30,32H,2-3,8-10,13H2,1H3. The van der Waals surface area contributed by atoms with Crippen molar-refractivity contribution in [2.45, 2.75) is 44.6 Å². The number of aliphatic hydroxyl groups excluding tert-OH is 1. The smallest absolute Gasteiger partial charge is 0.225 e. The largest absolute Gasteiger partial charge is 0.393 e. The zero-order valence-corrected chi connectivity index (χ0v) is 18.5. The Labute approximate surface area is 190 Å². The van der Waals surface area contributed by atoms with Crippen molar-refractivity contribution in [3.8, 4) is 11.3 Å². The Morgan fingerprint density at radius 3 is 2.55 bits per heavy atom. The van der Waals surface area contributed by atoms with Gasteiger partial charge in [-0.25, -0.2) is 13.2 Å². The van der Waals surface area contributed by atoms with Crippen LogP contribution < -0.4 is 0 Å². The normalized spacial score (nSPS) is 24.0. The summed E-state index contributed by atoms with van der Waals surface area (Å²) in [6.45, 7) is 3.04. The molecule has 2 unspecified atom stereocenters. The van der Waals surface area contributed by atoms with E-state index in [0.717, 1.165) is 24.5 Å². The summed E-state index contributed by atoms with van der Waals surface area (Å²) < 4.78 is 42.1. The second-order valence-corrected chi connectivity index (χ2v) is 9.52. The molecule has 2 heterocycles. The Morgan fingerprint density at radius 2 is 1.85 bits per heavy atom. The molecule has 1 aromatic heterocycles. The van der Waals surface area contributed by atoms with Gasteiger partial charge in [-0.05, 0) is 80.0 Å². The van der Waals surface area contributed by atoms with Gasteiger partial charge in [0.2, 0.25) is 5.91 Å². The number of aromatic nitrogens is 1. The van der Waals surface area contributed by atoms with E-state index in [9.17, 15) is 23.1 Å². The number of carbonyl (C=O) groups is 1. The van der Waals surface area contributed by atoms with E-state index in [1.165, 1.54) is 18.2 Å². The average molecular weight is 457 g/mol. The van der Waals surface area contributed by atoms with Crippen molar-refractivity contribution in [3.05, 3.63) is 59.4 Å². The minimum absolute atomic E-state index is 0.0358. The second kappa shape index (κ2) is 8.52. The lowest BCUT2D eigenvalue weighted by molar-refractivity contribution is -0.141. The van der Waals surface area contributed by atoms with Crippen LogP contribution in [0.3, 0.4) is 0 Å². The van der Waals surface area contributed by atoms with Gasteiger partial charge < -0.3 is 15.0 Å². The first kappa shape index (κ1) is 22.0. The lowest BCUT2D eigenvalue weighted by atomic mass is 9.69. The number of hydrogen-bond donors (Lipinski definition) is 2. The quantitative estimate of drug-likeness (QED) is 0.555. The monoisotopic (exact) mass is 456 g/mol. The molecule has 0 spiro atoms. The average Bonchev–Trinajstić information content (AvgIpc) is 3.12. The number of aliphatic hydroxyl groups is 1. The molecule has 2 aliphatic rings. The van der Waals surface area contributed by atoms with E-state index in [-0.39, 0.29) is 35.0 Å². The molecule has 2 atom stereocenters. The first-order chi connectivity index (χ1) is 15.8. The number of amides is 1. The first-order valence-electron chi connectivity index (χ1n) is 11.5. The molecule has 174 valence electrons. The van der Waals surface area contributed by atoms with Crippen LogP contribution in [-0.4, -0.2) is 40.1 Å². The van der Waals surface area contributed by atoms with Crippen LogP contribution in [0.15, 0.2) is 36.4 Å². The molecule has 7 heteroatoms. The molecule has 2 aromatic carbocycles. The number of halogens is 3. The maximum absolute atomic E-state index is 14.5. The molecular weight excluding hydrogens is 429 g/mol. The fraction of sp³-hybridized carbons (Fsp3) is 0.423. The molecule has 1 saturated heterocycles. The number of hydrogen-bond acceptors (Lipinski definition) is 2. The third kappa shape index (κ3) is 4.03. The zero-order valence-electron chi connectivity index (χ0n) is 18.5. The van der Waals surface area contributed by atoms with Crippen molar-refractivity contribution < 1.29 is 23.1 Å². The number of nitrogens with one attached hydrogen (secondary N) is 1. The van der Waals surface area contributed by atoms with Crippen molar-refractivity contribution in [1.29, 1.82) is 0 Å². The summed E-state index contributed by atoms with van der Waals surface area (Å²) >= 11 is 0. The lowest BCUT2D eigenvalue weighted by Crippen LogP contribution is -2.47. The van der Waals surface area contributed by atoms with Gasteiger partial charge in [-0.15, -0.1) is 0 Å². The van der Waals surface area contributed by atoms with E-state index >= 15 is 0 Å². The number of rotatable bonds is 4. The van der Waals surface area contributed by atoms with E-state index < -0.39 is 17.7 Å². The molecule has 1 aliphatic carbocycles. The van der Waals surface area contributed by atoms with Crippen LogP contribution in [0.2, 0.25) is 0 Å². The van der Waals surface area contributed by atoms with Gasteiger partial charge in [0.25, 0.3) is 0 Å². The van der Waals surface area contributed by atoms with Gasteiger partial charge in [-0.2, -0.15) is 0 Å². The van der Waals surface area contributed by atoms with E-state index in [4.69, 9.17) is 0 Å². The van der Waals surface area contributed by atoms with Crippen LogP contribution in [0.5, 0.6) is 0 Å². The molecule has 33 heavy (non-hydrogen) atoms. The van der Waals surface area contributed by atoms with Gasteiger partial charge in [0.05, 0.1) is 17.3 Å². The molecule has 3 aromatic rings. The Balaban J connectivity index is 1.43. The van der Waals surface area contributed by atoms with Crippen molar-refractivity contribution in [3.63, 3.8) is 0 Å². The highest BCUT2D eigenvalue weighted by molar-refractivity contribution is 5.92. The molecule has 5 rings (SSSR count). The number of nitrogens with zero attached hydrogens (tertiary/aromatic N) is 1. The summed E-state index contributed by atoms with van der Waals surface area (Å²) in [6, 6.07) is 8.07. The predicted octanol–water partition coefficient (Wildman–Crippen LogP) is 5.37. The van der Waals surface area contributed by atoms with Gasteiger partial charge in [0.15, 0.2) is 0 Å². The Bertz CT molecular complexity index is 1180. The molecule has 1 saturated carbocycles. The van der Waals surface area contributed by atoms with Crippen molar-refractivity contribution in [2.75, 3.05) is 13.1 Å². The minimum atomic E-state index is -0.677. The minimum Gasteiger partial charge on any atom is -0.393 e. The van der Waals surface area contributed by atoms with Gasteiger partial charge in [-0.3, -0.25) is 4.79 Å². The number of likely N-dealkylation sites (tertiary alicyclic amines) is 1. The molecule has 2 fully saturated rings. The Hall–Kier alpha value is -2.80. The molecule has 4 nitrogen and oxygen atoms in total. The maximum atomic E-state index is 14.5. The third-order valence-electron chi connectivity index (χ3n) is 7.34. The molecule has 0 bridgehead atoms. The SMILES string of the molecule is CC(O)C1CCCN(C(=O)C2CC(c3c(-c4ccc(F)cc4)[nH]c4c(F)cc(F)cc34)C2)C1. The highest BCUT2D eigenvalue weighted by Gasteiger charge is 2.41. The van der Waals surface area contributed by atoms with E-state index in [0.29, 0.717) is 42.6 Å². The van der Waals surface area contributed by atoms with Gasteiger partial charge in [0, 0.05) is 36.4 Å². The summed E-state index contributed by atoms with van der Waals surface area (Å²) in [5, 5.41) is 10.4. The Morgan fingerprint density at radius 1 is 1.12 bits per heavy atom. The van der Waals surface area contributed by atoms with Crippen LogP contribution in [0, 0.1) is 29.3 Å². The van der Waals surface area contributed by atoms with Crippen LogP contribution in [0.1, 0.15) is 44.1 Å². The molecule has 0 radical (unpaired) electrons. The molecule has 2 N–H and O–H groups in total. The van der Waals surface area contributed by atoms with E-state index in [1.54, 1.807) is 19.1 Å². The number of carbonyl (C=O) groups excluding carboxylic acids is 1. The third-order valence-corrected chi connectivity index (χ3v) is 7.34. The van der Waals surface area contributed by atoms with Crippen LogP contribution in [-0.2, 0) is 4.79 Å². The van der Waals surface area contributed by atoms with E-state index in [1.807, 2.05) is 4.90 Å². The summed E-state index contributed by atoms with van der Waals surface area (Å²) in [5.74, 6) is -1.70. The molecule has 1 aliphatic heterocycles. The van der Waals surface area contributed by atoms with Gasteiger partial charge >= 0.3 is 0 Å². The highest BCUT2D eigenvalue weighted by Crippen LogP contribution is 2.49. The van der Waals surface area contributed by atoms with Gasteiger partial charge in [0.1, 0.15) is 17.5 Å². The van der Waals surface area contributed by atoms with Crippen molar-refractivity contribution >= 4 is 16.8 Å². The predicted molar refractivity (Wildman–Crippen MR) is 120 cm³/mol. The van der Waals surface area contributed by atoms with Crippen LogP contribution in [0.4, 0.5) is 13.2 Å². The van der Waals surface area contributed by atoms with Gasteiger partial charge in [-0.1, -0.05) is 0 Å². The highest BCUT2D eigenvalue weighted by atomic mass is 19.1. The summed E-state index contributed by atoms with van der Waals surface area (Å²) in [7, 11) is 0. The fourth-order valence-electron chi connectivity index (χ4n) is 5.43. The van der Waals surface area contributed by atoms with Crippen molar-refractivity contribution in [2.24, 2.45) is 11.8 Å².